The van der Waals surface area contributed by atoms with Crippen LogP contribution in [-0.4, -0.2) is 84.9 Å². The molecule has 3 amide bonds. The van der Waals surface area contributed by atoms with Crippen LogP contribution in [-0.2, 0) is 23.9 Å². The smallest absolute Gasteiger partial charge is 0.426 e. The molecule has 14 heteroatoms. The van der Waals surface area contributed by atoms with E-state index < -0.39 is 46.7 Å². The molecule has 13 nitrogen and oxygen atoms in total. The summed E-state index contributed by atoms with van der Waals surface area (Å²) in [7, 11) is 0. The molecule has 1 aromatic rings. The minimum atomic E-state index is -1.19. The number of carboxylic acid groups (broad SMARTS) is 1. The van der Waals surface area contributed by atoms with Gasteiger partial charge in [0.1, 0.15) is 18.8 Å². The summed E-state index contributed by atoms with van der Waals surface area (Å²) in [5, 5.41) is 28.9. The second kappa shape index (κ2) is 8.59. The predicted molar refractivity (Wildman–Crippen MR) is 116 cm³/mol. The molecule has 1 aromatic carbocycles. The fourth-order valence-electron chi connectivity index (χ4n) is 4.02. The van der Waals surface area contributed by atoms with Crippen molar-refractivity contribution in [2.24, 2.45) is 4.99 Å². The predicted octanol–water partition coefficient (Wildman–Crippen LogP) is -0.0938. The maximum atomic E-state index is 12.5. The van der Waals surface area contributed by atoms with Crippen LogP contribution in [0.1, 0.15) is 25.8 Å². The molecule has 0 aromatic heterocycles. The first-order chi connectivity index (χ1) is 16.0. The third-order valence-corrected chi connectivity index (χ3v) is 7.28. The Hall–Kier alpha value is -3.68. The Morgan fingerprint density at radius 2 is 2.06 bits per heavy atom. The van der Waals surface area contributed by atoms with Crippen molar-refractivity contribution in [1.29, 1.82) is 0 Å². The number of para-hydroxylation sites is 1. The molecule has 0 spiro atoms. The van der Waals surface area contributed by atoms with Crippen LogP contribution in [0.4, 0.5) is 4.79 Å². The lowest BCUT2D eigenvalue weighted by Crippen LogP contribution is -2.58. The van der Waals surface area contributed by atoms with Gasteiger partial charge in [-0.15, -0.1) is 11.8 Å². The lowest BCUT2D eigenvalue weighted by atomic mass is 9.97. The number of aliphatic imine (C=N–C) groups is 1. The van der Waals surface area contributed by atoms with Crippen molar-refractivity contribution in [2.45, 2.75) is 48.6 Å². The highest BCUT2D eigenvalue weighted by Gasteiger charge is 2.61. The molecule has 0 unspecified atom stereocenters. The molecular formula is C20H22N4O9S. The van der Waals surface area contributed by atoms with Crippen LogP contribution in [0.5, 0.6) is 11.5 Å². The third-order valence-electron chi connectivity index (χ3n) is 5.73. The zero-order chi connectivity index (χ0) is 24.8. The topological polar surface area (TPSA) is 187 Å². The summed E-state index contributed by atoms with van der Waals surface area (Å²) >= 11 is 1.25. The largest absolute Gasteiger partial charge is 0.504 e. The monoisotopic (exact) mass is 494 g/mol. The van der Waals surface area contributed by atoms with Crippen LogP contribution in [0.25, 0.3) is 0 Å². The van der Waals surface area contributed by atoms with Gasteiger partial charge in [-0.05, 0) is 26.0 Å². The number of nitrogens with zero attached hydrogens (tertiary/aromatic N) is 2. The molecule has 5 atom stereocenters. The van der Waals surface area contributed by atoms with Gasteiger partial charge in [0.05, 0.1) is 22.1 Å². The lowest BCUT2D eigenvalue weighted by Gasteiger charge is -2.36. The molecule has 0 saturated carbocycles. The van der Waals surface area contributed by atoms with Gasteiger partial charge >= 0.3 is 12.1 Å². The maximum Gasteiger partial charge on any atom is 0.426 e. The number of thioether (sulfide) groups is 1. The molecule has 2 fully saturated rings. The van der Waals surface area contributed by atoms with Crippen molar-refractivity contribution in [3.63, 3.8) is 0 Å². The number of rotatable bonds is 5. The van der Waals surface area contributed by atoms with Crippen LogP contribution in [0.3, 0.4) is 0 Å². The van der Waals surface area contributed by atoms with Crippen LogP contribution in [0, 0.1) is 0 Å². The first-order valence-corrected chi connectivity index (χ1v) is 11.1. The quantitative estimate of drug-likeness (QED) is 0.210. The Bertz CT molecular complexity index is 1100. The summed E-state index contributed by atoms with van der Waals surface area (Å²) in [5.74, 6) is -3.04. The van der Waals surface area contributed by atoms with E-state index in [0.717, 1.165) is 0 Å². The molecule has 0 radical (unpaired) electrons. The van der Waals surface area contributed by atoms with E-state index in [0.29, 0.717) is 0 Å². The highest BCUT2D eigenvalue weighted by Crippen LogP contribution is 2.51. The summed E-state index contributed by atoms with van der Waals surface area (Å²) in [6.07, 6.45) is -1.53. The highest BCUT2D eigenvalue weighted by molar-refractivity contribution is 8.01. The molecule has 2 saturated heterocycles. The minimum Gasteiger partial charge on any atom is -0.504 e. The second-order valence-electron chi connectivity index (χ2n) is 8.20. The number of hydrazine groups is 1. The van der Waals surface area contributed by atoms with Crippen LogP contribution < -0.4 is 10.9 Å². The molecule has 34 heavy (non-hydrogen) atoms. The average molecular weight is 494 g/mol. The fourth-order valence-corrected chi connectivity index (χ4v) is 5.69. The molecule has 3 heterocycles. The lowest BCUT2D eigenvalue weighted by molar-refractivity contribution is -0.157. The summed E-state index contributed by atoms with van der Waals surface area (Å²) in [4.78, 5) is 53.4. The molecule has 4 rings (SSSR count). The van der Waals surface area contributed by atoms with E-state index in [-0.39, 0.29) is 41.5 Å². The van der Waals surface area contributed by atoms with Crippen molar-refractivity contribution < 1.29 is 44.0 Å². The van der Waals surface area contributed by atoms with Gasteiger partial charge in [0.2, 0.25) is 11.8 Å². The van der Waals surface area contributed by atoms with E-state index in [2.05, 4.69) is 15.8 Å². The molecule has 5 N–H and O–H groups in total. The van der Waals surface area contributed by atoms with Gasteiger partial charge < -0.3 is 29.7 Å². The number of carbonyl (C=O) groups excluding carboxylic acids is 3. The zero-order valence-corrected chi connectivity index (χ0v) is 18.9. The van der Waals surface area contributed by atoms with E-state index in [1.165, 1.54) is 34.9 Å². The van der Waals surface area contributed by atoms with Crippen molar-refractivity contribution in [3.8, 4) is 11.5 Å². The van der Waals surface area contributed by atoms with Crippen molar-refractivity contribution in [3.05, 3.63) is 23.8 Å². The number of phenolic OH excluding ortho intramolecular Hbond substituents is 2. The first kappa shape index (κ1) is 23.5. The number of fused-ring (bicyclic) bond motifs is 1. The van der Waals surface area contributed by atoms with Crippen LogP contribution >= 0.6 is 11.8 Å². The van der Waals surface area contributed by atoms with Gasteiger partial charge in [0, 0.05) is 0 Å². The number of hydrogen-bond donors (Lipinski definition) is 5. The number of ether oxygens (including phenoxy) is 2. The number of carboxylic acids is 1. The SMILES string of the molecule is C[C@H]1OC(c2cccc(O)c2O)=N[C@@H]1C(=O)NNC(=O)OC[C@]1(C)S[C@@H]2CC(=O)N2[C@H]1C(=O)O. The normalized spacial score (nSPS) is 29.4. The number of aromatic hydroxyl groups is 2. The van der Waals surface area contributed by atoms with Crippen molar-refractivity contribution in [2.75, 3.05) is 6.61 Å². The van der Waals surface area contributed by atoms with Crippen LogP contribution in [0.2, 0.25) is 0 Å². The maximum absolute atomic E-state index is 12.5. The third kappa shape index (κ3) is 4.04. The zero-order valence-electron chi connectivity index (χ0n) is 18.0. The number of nitrogens with one attached hydrogen (secondary N) is 2. The van der Waals surface area contributed by atoms with Crippen molar-refractivity contribution in [1.82, 2.24) is 15.8 Å². The Balaban J connectivity index is 1.32. The van der Waals surface area contributed by atoms with Crippen molar-refractivity contribution >= 4 is 41.5 Å². The van der Waals surface area contributed by atoms with Gasteiger partial charge in [-0.25, -0.2) is 20.0 Å². The summed E-state index contributed by atoms with van der Waals surface area (Å²) < 4.78 is 9.56. The van der Waals surface area contributed by atoms with Crippen LogP contribution in [0.15, 0.2) is 23.2 Å². The highest BCUT2D eigenvalue weighted by atomic mass is 32.2. The number of aliphatic carboxylic acids is 1. The molecule has 0 bridgehead atoms. The average Bonchev–Trinajstić information content (AvgIpc) is 3.27. The Kier molecular flexibility index (Phi) is 5.93. The number of amides is 3. The number of carbonyl (C=O) groups is 4. The van der Waals surface area contributed by atoms with E-state index in [4.69, 9.17) is 9.47 Å². The standard InChI is InChI=1S/C20H22N4O9S/c1-8-13(21-17(33-8)9-4-3-5-10(25)14(9)27)16(28)22-23-19(31)32-7-20(2)15(18(29)30)24-11(26)6-12(24)34-20/h3-5,8,12-13,15,25,27H,6-7H2,1-2H3,(H,22,28)(H,23,31)(H,29,30)/t8-,12-,13+,15+,20+/m1/s1. The molecular weight excluding hydrogens is 472 g/mol. The van der Waals surface area contributed by atoms with Gasteiger partial charge in [-0.2, -0.15) is 0 Å². The number of phenols is 2. The number of β-lactam (4-membered cyclic amide) rings is 1. The molecule has 0 aliphatic carbocycles. The minimum absolute atomic E-state index is 0.0475. The summed E-state index contributed by atoms with van der Waals surface area (Å²) in [5.41, 5.74) is 4.34. The van der Waals surface area contributed by atoms with Gasteiger partial charge in [0.25, 0.3) is 5.91 Å². The van der Waals surface area contributed by atoms with Gasteiger partial charge in [-0.3, -0.25) is 15.0 Å². The summed E-state index contributed by atoms with van der Waals surface area (Å²) in [6.45, 7) is 2.85. The Morgan fingerprint density at radius 1 is 1.32 bits per heavy atom. The second-order valence-corrected chi connectivity index (χ2v) is 9.91. The molecule has 3 aliphatic heterocycles. The summed E-state index contributed by atoms with van der Waals surface area (Å²) in [6, 6.07) is 2.01. The van der Waals surface area contributed by atoms with Gasteiger partial charge in [0.15, 0.2) is 17.5 Å². The van der Waals surface area contributed by atoms with E-state index in [9.17, 15) is 34.5 Å². The fraction of sp³-hybridized carbons (Fsp3) is 0.450. The molecule has 182 valence electrons. The Labute approximate surface area is 197 Å². The first-order valence-electron chi connectivity index (χ1n) is 10.2. The number of hydrogen-bond acceptors (Lipinski definition) is 10. The number of benzene rings is 1. The van der Waals surface area contributed by atoms with E-state index in [1.54, 1.807) is 13.8 Å². The van der Waals surface area contributed by atoms with Gasteiger partial charge in [-0.1, -0.05) is 6.07 Å². The molecule has 3 aliphatic rings. The van der Waals surface area contributed by atoms with E-state index in [1.807, 2.05) is 0 Å². The Morgan fingerprint density at radius 3 is 2.74 bits per heavy atom. The van der Waals surface area contributed by atoms with E-state index >= 15 is 0 Å².